The Kier molecular flexibility index (Phi) is 4.76. The van der Waals surface area contributed by atoms with Gasteiger partial charge < -0.3 is 5.32 Å². The van der Waals surface area contributed by atoms with E-state index in [9.17, 15) is 14.4 Å². The summed E-state index contributed by atoms with van der Waals surface area (Å²) in [5.74, 6) is -0.354. The molecule has 2 aliphatic rings. The van der Waals surface area contributed by atoms with Crippen LogP contribution in [0.4, 0.5) is 4.79 Å². The number of hydrazine groups is 1. The molecule has 1 aromatic heterocycles. The summed E-state index contributed by atoms with van der Waals surface area (Å²) in [5, 5.41) is 10.4. The molecule has 3 rings (SSSR count). The number of aromatic amines is 1. The second-order valence-corrected chi connectivity index (χ2v) is 6.85. The van der Waals surface area contributed by atoms with Crippen LogP contribution in [0.2, 0.25) is 0 Å². The van der Waals surface area contributed by atoms with Crippen molar-refractivity contribution in [3.63, 3.8) is 0 Å². The fourth-order valence-corrected chi connectivity index (χ4v) is 3.28. The smallest absolute Gasteiger partial charge is 0.322 e. The maximum absolute atomic E-state index is 12.3. The van der Waals surface area contributed by atoms with Gasteiger partial charge in [0, 0.05) is 17.8 Å². The zero-order valence-electron chi connectivity index (χ0n) is 14.5. The Morgan fingerprint density at radius 1 is 1.40 bits per heavy atom. The first-order chi connectivity index (χ1) is 11.9. The van der Waals surface area contributed by atoms with Crippen molar-refractivity contribution in [1.82, 2.24) is 30.8 Å². The Morgan fingerprint density at radius 3 is 2.68 bits per heavy atom. The second kappa shape index (κ2) is 6.83. The molecular formula is C16H24N6O3. The average molecular weight is 348 g/mol. The van der Waals surface area contributed by atoms with Crippen LogP contribution in [0.5, 0.6) is 0 Å². The lowest BCUT2D eigenvalue weighted by atomic mass is 9.94. The molecule has 0 aromatic carbocycles. The number of carbonyl (C=O) groups excluding carboxylic acids is 3. The number of imide groups is 1. The van der Waals surface area contributed by atoms with Crippen LogP contribution in [0.25, 0.3) is 0 Å². The van der Waals surface area contributed by atoms with Gasteiger partial charge in [0.15, 0.2) is 0 Å². The Morgan fingerprint density at radius 2 is 2.12 bits per heavy atom. The van der Waals surface area contributed by atoms with Crippen LogP contribution in [0, 0.1) is 0 Å². The number of hydrogen-bond donors (Lipinski definition) is 3. The fourth-order valence-electron chi connectivity index (χ4n) is 3.28. The average Bonchev–Trinajstić information content (AvgIpc) is 3.20. The first kappa shape index (κ1) is 17.4. The fraction of sp³-hybridized carbons (Fsp3) is 0.625. The summed E-state index contributed by atoms with van der Waals surface area (Å²) in [6.07, 6.45) is 4.08. The quantitative estimate of drug-likeness (QED) is 0.665. The number of hydrogen-bond acceptors (Lipinski definition) is 5. The highest BCUT2D eigenvalue weighted by atomic mass is 16.2. The molecular weight excluding hydrogens is 324 g/mol. The standard InChI is InChI=1S/C16H24N6O3/c1-3-16(2)14(24)22(15(25)18-16)20-13(23)10-21-8-5-11(6-9-21)12-4-7-17-19-12/h4,7,11H,3,5-6,8-10H2,1-2H3,(H,17,19)(H,18,25)(H,20,23)/t16-/m1/s1. The van der Waals surface area contributed by atoms with E-state index >= 15 is 0 Å². The zero-order valence-corrected chi connectivity index (χ0v) is 14.5. The molecule has 136 valence electrons. The summed E-state index contributed by atoms with van der Waals surface area (Å²) in [4.78, 5) is 38.4. The summed E-state index contributed by atoms with van der Waals surface area (Å²) in [5.41, 5.74) is 2.60. The van der Waals surface area contributed by atoms with E-state index in [0.717, 1.165) is 36.6 Å². The Hall–Kier alpha value is -2.42. The number of amides is 4. The van der Waals surface area contributed by atoms with E-state index in [-0.39, 0.29) is 12.5 Å². The van der Waals surface area contributed by atoms with Gasteiger partial charge in [-0.1, -0.05) is 6.92 Å². The van der Waals surface area contributed by atoms with E-state index in [1.165, 1.54) is 0 Å². The number of urea groups is 1. The number of aromatic nitrogens is 2. The third kappa shape index (κ3) is 3.51. The van der Waals surface area contributed by atoms with Crippen molar-refractivity contribution in [2.24, 2.45) is 0 Å². The van der Waals surface area contributed by atoms with Crippen molar-refractivity contribution in [3.8, 4) is 0 Å². The van der Waals surface area contributed by atoms with Gasteiger partial charge in [-0.25, -0.2) is 4.79 Å². The molecule has 4 amide bonds. The second-order valence-electron chi connectivity index (χ2n) is 6.85. The molecule has 2 aliphatic heterocycles. The predicted molar refractivity (Wildman–Crippen MR) is 89.2 cm³/mol. The third-order valence-electron chi connectivity index (χ3n) is 5.12. The molecule has 25 heavy (non-hydrogen) atoms. The molecule has 3 N–H and O–H groups in total. The highest BCUT2D eigenvalue weighted by molar-refractivity contribution is 6.07. The SMILES string of the molecule is CC[C@@]1(C)NC(=O)N(NC(=O)CN2CCC(c3ccn[nH]3)CC2)C1=O. The van der Waals surface area contributed by atoms with Gasteiger partial charge in [0.05, 0.1) is 6.54 Å². The summed E-state index contributed by atoms with van der Waals surface area (Å²) in [6.45, 7) is 5.19. The lowest BCUT2D eigenvalue weighted by molar-refractivity contribution is -0.139. The van der Waals surface area contributed by atoms with Crippen LogP contribution in [0.15, 0.2) is 12.3 Å². The topological polar surface area (TPSA) is 110 Å². The number of H-pyrrole nitrogens is 1. The number of carbonyl (C=O) groups is 3. The lowest BCUT2D eigenvalue weighted by Gasteiger charge is -2.31. The van der Waals surface area contributed by atoms with E-state index in [1.54, 1.807) is 13.1 Å². The molecule has 1 atom stereocenters. The molecule has 0 radical (unpaired) electrons. The third-order valence-corrected chi connectivity index (χ3v) is 5.12. The lowest BCUT2D eigenvalue weighted by Crippen LogP contribution is -2.51. The van der Waals surface area contributed by atoms with Gasteiger partial charge in [0.2, 0.25) is 0 Å². The van der Waals surface area contributed by atoms with Crippen molar-refractivity contribution < 1.29 is 14.4 Å². The van der Waals surface area contributed by atoms with Crippen LogP contribution in [-0.4, -0.2) is 63.1 Å². The molecule has 2 saturated heterocycles. The maximum atomic E-state index is 12.3. The van der Waals surface area contributed by atoms with Crippen LogP contribution >= 0.6 is 0 Å². The van der Waals surface area contributed by atoms with Crippen molar-refractivity contribution in [1.29, 1.82) is 0 Å². The molecule has 0 spiro atoms. The monoisotopic (exact) mass is 348 g/mol. The van der Waals surface area contributed by atoms with Crippen LogP contribution in [0.1, 0.15) is 44.7 Å². The molecule has 9 nitrogen and oxygen atoms in total. The number of likely N-dealkylation sites (tertiary alicyclic amines) is 1. The Labute approximate surface area is 146 Å². The summed E-state index contributed by atoms with van der Waals surface area (Å²) in [6, 6.07) is 1.40. The normalized spacial score (nSPS) is 25.3. The minimum absolute atomic E-state index is 0.162. The Bertz CT molecular complexity index is 653. The molecule has 0 saturated carbocycles. The van der Waals surface area contributed by atoms with Gasteiger partial charge in [0.25, 0.3) is 11.8 Å². The summed E-state index contributed by atoms with van der Waals surface area (Å²) >= 11 is 0. The van der Waals surface area contributed by atoms with Crippen LogP contribution in [0.3, 0.4) is 0 Å². The summed E-state index contributed by atoms with van der Waals surface area (Å²) < 4.78 is 0. The van der Waals surface area contributed by atoms with E-state index in [1.807, 2.05) is 17.9 Å². The van der Waals surface area contributed by atoms with Crippen LogP contribution in [-0.2, 0) is 9.59 Å². The van der Waals surface area contributed by atoms with Gasteiger partial charge in [-0.2, -0.15) is 10.1 Å². The van der Waals surface area contributed by atoms with Crippen molar-refractivity contribution in [3.05, 3.63) is 18.0 Å². The van der Waals surface area contributed by atoms with Gasteiger partial charge in [-0.05, 0) is 45.3 Å². The predicted octanol–water partition coefficient (Wildman–Crippen LogP) is 0.341. The number of piperidine rings is 1. The van der Waals surface area contributed by atoms with Crippen molar-refractivity contribution in [2.75, 3.05) is 19.6 Å². The Balaban J connectivity index is 1.49. The number of rotatable bonds is 5. The van der Waals surface area contributed by atoms with Gasteiger partial charge >= 0.3 is 6.03 Å². The van der Waals surface area contributed by atoms with Gasteiger partial charge in [-0.15, -0.1) is 0 Å². The minimum atomic E-state index is -0.952. The zero-order chi connectivity index (χ0) is 18.0. The molecule has 1 aromatic rings. The highest BCUT2D eigenvalue weighted by Gasteiger charge is 2.47. The van der Waals surface area contributed by atoms with Crippen molar-refractivity contribution in [2.45, 2.75) is 44.6 Å². The van der Waals surface area contributed by atoms with Crippen molar-refractivity contribution >= 4 is 17.8 Å². The molecule has 9 heteroatoms. The minimum Gasteiger partial charge on any atom is -0.322 e. The summed E-state index contributed by atoms with van der Waals surface area (Å²) in [7, 11) is 0. The molecule has 0 unspecified atom stereocenters. The molecule has 3 heterocycles. The van der Waals surface area contributed by atoms with Gasteiger partial charge in [-0.3, -0.25) is 25.0 Å². The highest BCUT2D eigenvalue weighted by Crippen LogP contribution is 2.26. The van der Waals surface area contributed by atoms with E-state index < -0.39 is 17.5 Å². The van der Waals surface area contributed by atoms with E-state index in [0.29, 0.717) is 12.3 Å². The van der Waals surface area contributed by atoms with Crippen LogP contribution < -0.4 is 10.7 Å². The molecule has 0 bridgehead atoms. The molecule has 0 aliphatic carbocycles. The number of nitrogens with one attached hydrogen (secondary N) is 3. The first-order valence-corrected chi connectivity index (χ1v) is 8.61. The van der Waals surface area contributed by atoms with E-state index in [2.05, 4.69) is 20.9 Å². The number of nitrogens with zero attached hydrogens (tertiary/aromatic N) is 3. The molecule has 2 fully saturated rings. The van der Waals surface area contributed by atoms with Gasteiger partial charge in [0.1, 0.15) is 5.54 Å². The van der Waals surface area contributed by atoms with E-state index in [4.69, 9.17) is 0 Å². The largest absolute Gasteiger partial charge is 0.344 e. The maximum Gasteiger partial charge on any atom is 0.344 e. The first-order valence-electron chi connectivity index (χ1n) is 8.61.